The van der Waals surface area contributed by atoms with Crippen molar-refractivity contribution in [2.75, 3.05) is 26.0 Å². The minimum atomic E-state index is -0.139. The summed E-state index contributed by atoms with van der Waals surface area (Å²) >= 11 is 0. The van der Waals surface area contributed by atoms with E-state index in [1.54, 1.807) is 11.8 Å². The van der Waals surface area contributed by atoms with Crippen LogP contribution in [0.3, 0.4) is 0 Å². The molecule has 112 valence electrons. The first-order valence-corrected chi connectivity index (χ1v) is 6.99. The van der Waals surface area contributed by atoms with Crippen LogP contribution in [0.1, 0.15) is 31.9 Å². The van der Waals surface area contributed by atoms with Crippen molar-refractivity contribution in [2.45, 2.75) is 38.3 Å². The number of rotatable bonds is 4. The summed E-state index contributed by atoms with van der Waals surface area (Å²) < 4.78 is 7.08. The van der Waals surface area contributed by atoms with E-state index in [0.717, 1.165) is 24.3 Å². The Morgan fingerprint density at radius 2 is 2.20 bits per heavy atom. The lowest BCUT2D eigenvalue weighted by Gasteiger charge is -2.18. The summed E-state index contributed by atoms with van der Waals surface area (Å²) in [6.45, 7) is 4.93. The quantitative estimate of drug-likeness (QED) is 0.900. The average molecular weight is 280 g/mol. The molecule has 1 aromatic heterocycles. The first-order chi connectivity index (χ1) is 9.42. The van der Waals surface area contributed by atoms with E-state index >= 15 is 0 Å². The second-order valence-corrected chi connectivity index (χ2v) is 5.79. The normalized spacial score (nSPS) is 23.5. The molecule has 0 bridgehead atoms. The Morgan fingerprint density at radius 1 is 1.50 bits per heavy atom. The van der Waals surface area contributed by atoms with Crippen molar-refractivity contribution >= 4 is 11.6 Å². The monoisotopic (exact) mass is 280 g/mol. The zero-order chi connectivity index (χ0) is 14.9. The van der Waals surface area contributed by atoms with Crippen LogP contribution in [0.4, 0.5) is 5.69 Å². The van der Waals surface area contributed by atoms with E-state index in [1.807, 2.05) is 25.2 Å². The minimum absolute atomic E-state index is 0.0157. The fourth-order valence-electron chi connectivity index (χ4n) is 2.67. The number of nitrogens with zero attached hydrogens (tertiary/aromatic N) is 3. The number of hydrogen-bond acceptors (Lipinski definition) is 4. The molecule has 2 atom stereocenters. The van der Waals surface area contributed by atoms with Crippen molar-refractivity contribution in [1.29, 1.82) is 0 Å². The van der Waals surface area contributed by atoms with E-state index in [-0.39, 0.29) is 24.0 Å². The lowest BCUT2D eigenvalue weighted by molar-refractivity contribution is -0.120. The highest BCUT2D eigenvalue weighted by Gasteiger charge is 2.34. The summed E-state index contributed by atoms with van der Waals surface area (Å²) in [4.78, 5) is 14.5. The number of nitrogens with one attached hydrogen (secondary N) is 1. The van der Waals surface area contributed by atoms with Crippen LogP contribution in [0.2, 0.25) is 0 Å². The third kappa shape index (κ3) is 3.02. The van der Waals surface area contributed by atoms with Crippen molar-refractivity contribution in [3.8, 4) is 0 Å². The number of amides is 1. The Morgan fingerprint density at radius 3 is 2.75 bits per heavy atom. The van der Waals surface area contributed by atoms with Gasteiger partial charge in [-0.3, -0.25) is 14.4 Å². The number of carbonyl (C=O) groups excluding carboxylic acids is 1. The SMILES string of the molecule is CO[C@H]1C[C@@H](C(=O)Nc2cn(C)nc2C(C)C)N(C)C1. The zero-order valence-electron chi connectivity index (χ0n) is 12.9. The van der Waals surface area contributed by atoms with Crippen molar-refractivity contribution in [3.63, 3.8) is 0 Å². The van der Waals surface area contributed by atoms with Gasteiger partial charge in [-0.2, -0.15) is 5.10 Å². The van der Waals surface area contributed by atoms with Crippen LogP contribution in [0.15, 0.2) is 6.20 Å². The standard InChI is InChI=1S/C14H24N4O2/c1-9(2)13-11(8-18(4)16-13)15-14(19)12-6-10(20-5)7-17(12)3/h8-10,12H,6-7H2,1-5H3,(H,15,19)/t10-,12-/m0/s1. The Kier molecular flexibility index (Phi) is 4.45. The fourth-order valence-corrected chi connectivity index (χ4v) is 2.67. The number of likely N-dealkylation sites (tertiary alicyclic amines) is 1. The molecule has 1 aliphatic rings. The number of carbonyl (C=O) groups is 1. The van der Waals surface area contributed by atoms with Gasteiger partial charge in [0.1, 0.15) is 0 Å². The Hall–Kier alpha value is -1.40. The molecule has 6 heteroatoms. The molecular formula is C14H24N4O2. The molecule has 1 aromatic rings. The van der Waals surface area contributed by atoms with Gasteiger partial charge in [-0.1, -0.05) is 13.8 Å². The van der Waals surface area contributed by atoms with Crippen LogP contribution in [-0.2, 0) is 16.6 Å². The second kappa shape index (κ2) is 5.93. The summed E-state index contributed by atoms with van der Waals surface area (Å²) in [5.41, 5.74) is 1.73. The van der Waals surface area contributed by atoms with Crippen LogP contribution in [0.25, 0.3) is 0 Å². The van der Waals surface area contributed by atoms with Gasteiger partial charge >= 0.3 is 0 Å². The van der Waals surface area contributed by atoms with Crippen LogP contribution in [0.5, 0.6) is 0 Å². The molecule has 0 saturated carbocycles. The Balaban J connectivity index is 2.08. The zero-order valence-corrected chi connectivity index (χ0v) is 12.9. The number of aryl methyl sites for hydroxylation is 1. The van der Waals surface area contributed by atoms with Gasteiger partial charge in [0.05, 0.1) is 23.5 Å². The maximum absolute atomic E-state index is 12.4. The summed E-state index contributed by atoms with van der Waals surface area (Å²) in [6, 6.07) is -0.139. The van der Waals surface area contributed by atoms with Crippen LogP contribution >= 0.6 is 0 Å². The van der Waals surface area contributed by atoms with Crippen molar-refractivity contribution in [3.05, 3.63) is 11.9 Å². The largest absolute Gasteiger partial charge is 0.380 e. The van der Waals surface area contributed by atoms with Gasteiger partial charge in [-0.05, 0) is 19.4 Å². The smallest absolute Gasteiger partial charge is 0.241 e. The molecule has 0 spiro atoms. The van der Waals surface area contributed by atoms with E-state index in [1.165, 1.54) is 0 Å². The van der Waals surface area contributed by atoms with Gasteiger partial charge in [0.2, 0.25) is 5.91 Å². The topological polar surface area (TPSA) is 59.4 Å². The molecule has 1 aliphatic heterocycles. The molecule has 0 aromatic carbocycles. The van der Waals surface area contributed by atoms with Crippen LogP contribution in [-0.4, -0.2) is 53.4 Å². The molecule has 0 aliphatic carbocycles. The molecule has 0 unspecified atom stereocenters. The molecular weight excluding hydrogens is 256 g/mol. The van der Waals surface area contributed by atoms with E-state index in [9.17, 15) is 4.79 Å². The van der Waals surface area contributed by atoms with E-state index in [4.69, 9.17) is 4.74 Å². The number of methoxy groups -OCH3 is 1. The molecule has 1 amide bonds. The summed E-state index contributed by atoms with van der Waals surface area (Å²) in [5, 5.41) is 7.41. The van der Waals surface area contributed by atoms with Gasteiger partial charge in [0, 0.05) is 26.9 Å². The number of hydrogen-bond donors (Lipinski definition) is 1. The third-order valence-corrected chi connectivity index (χ3v) is 3.81. The molecule has 2 rings (SSSR count). The first kappa shape index (κ1) is 15.0. The lowest BCUT2D eigenvalue weighted by atomic mass is 10.1. The van der Waals surface area contributed by atoms with Gasteiger partial charge < -0.3 is 10.1 Å². The van der Waals surface area contributed by atoms with Gasteiger partial charge in [0.15, 0.2) is 0 Å². The van der Waals surface area contributed by atoms with Crippen molar-refractivity contribution < 1.29 is 9.53 Å². The predicted molar refractivity (Wildman–Crippen MR) is 77.8 cm³/mol. The summed E-state index contributed by atoms with van der Waals surface area (Å²) in [6.07, 6.45) is 2.72. The third-order valence-electron chi connectivity index (χ3n) is 3.81. The van der Waals surface area contributed by atoms with Crippen LogP contribution < -0.4 is 5.32 Å². The lowest BCUT2D eigenvalue weighted by Crippen LogP contribution is -2.37. The molecule has 1 saturated heterocycles. The van der Waals surface area contributed by atoms with E-state index in [0.29, 0.717) is 0 Å². The second-order valence-electron chi connectivity index (χ2n) is 5.79. The maximum Gasteiger partial charge on any atom is 0.241 e. The highest BCUT2D eigenvalue weighted by atomic mass is 16.5. The molecule has 20 heavy (non-hydrogen) atoms. The Bertz CT molecular complexity index is 484. The molecule has 0 radical (unpaired) electrons. The van der Waals surface area contributed by atoms with E-state index in [2.05, 4.69) is 24.3 Å². The highest BCUT2D eigenvalue weighted by molar-refractivity contribution is 5.95. The molecule has 2 heterocycles. The number of likely N-dealkylation sites (N-methyl/N-ethyl adjacent to an activating group) is 1. The molecule has 1 fully saturated rings. The van der Waals surface area contributed by atoms with Gasteiger partial charge in [0.25, 0.3) is 0 Å². The van der Waals surface area contributed by atoms with Crippen LogP contribution in [0, 0.1) is 0 Å². The highest BCUT2D eigenvalue weighted by Crippen LogP contribution is 2.24. The van der Waals surface area contributed by atoms with E-state index < -0.39 is 0 Å². The van der Waals surface area contributed by atoms with Crippen molar-refractivity contribution in [2.24, 2.45) is 7.05 Å². The maximum atomic E-state index is 12.4. The average Bonchev–Trinajstić information content (AvgIpc) is 2.92. The van der Waals surface area contributed by atoms with Gasteiger partial charge in [-0.15, -0.1) is 0 Å². The summed E-state index contributed by atoms with van der Waals surface area (Å²) in [5.74, 6) is 0.293. The predicted octanol–water partition coefficient (Wildman–Crippen LogP) is 1.20. The van der Waals surface area contributed by atoms with Crippen molar-refractivity contribution in [1.82, 2.24) is 14.7 Å². The molecule has 1 N–H and O–H groups in total. The number of ether oxygens (including phenoxy) is 1. The minimum Gasteiger partial charge on any atom is -0.380 e. The number of aromatic nitrogens is 2. The van der Waals surface area contributed by atoms with Gasteiger partial charge in [-0.25, -0.2) is 0 Å². The summed E-state index contributed by atoms with van der Waals surface area (Å²) in [7, 11) is 5.51. The fraction of sp³-hybridized carbons (Fsp3) is 0.714. The first-order valence-electron chi connectivity index (χ1n) is 6.99. The number of anilines is 1. The molecule has 6 nitrogen and oxygen atoms in total. The Labute approximate surface area is 120 Å².